The molecule has 25 heavy (non-hydrogen) atoms. The van der Waals surface area contributed by atoms with E-state index in [1.807, 2.05) is 30.5 Å². The summed E-state index contributed by atoms with van der Waals surface area (Å²) in [6, 6.07) is 10.2. The number of carbonyl (C=O) groups excluding carboxylic acids is 2. The average Bonchev–Trinajstić information content (AvgIpc) is 3.03. The number of nitrogens with one attached hydrogen (secondary N) is 1. The van der Waals surface area contributed by atoms with Gasteiger partial charge in [0.2, 0.25) is 0 Å². The normalized spacial score (nSPS) is 16.4. The van der Waals surface area contributed by atoms with Gasteiger partial charge < -0.3 is 10.1 Å². The zero-order valence-corrected chi connectivity index (χ0v) is 15.0. The van der Waals surface area contributed by atoms with Gasteiger partial charge >= 0.3 is 5.97 Å². The Morgan fingerprint density at radius 2 is 2.16 bits per heavy atom. The minimum Gasteiger partial charge on any atom is -0.452 e. The van der Waals surface area contributed by atoms with E-state index in [1.165, 1.54) is 17.2 Å². The van der Waals surface area contributed by atoms with Crippen LogP contribution >= 0.6 is 11.3 Å². The topological polar surface area (TPSA) is 55.4 Å². The van der Waals surface area contributed by atoms with Crippen molar-refractivity contribution in [3.63, 3.8) is 0 Å². The molecule has 0 saturated carbocycles. The number of carbonyl (C=O) groups is 2. The number of hydrogen-bond acceptors (Lipinski definition) is 4. The molecule has 5 heteroatoms. The third-order valence-electron chi connectivity index (χ3n) is 4.32. The van der Waals surface area contributed by atoms with Crippen LogP contribution in [0.2, 0.25) is 0 Å². The van der Waals surface area contributed by atoms with Gasteiger partial charge in [-0.2, -0.15) is 0 Å². The van der Waals surface area contributed by atoms with E-state index in [1.54, 1.807) is 17.4 Å². The molecule has 0 fully saturated rings. The molecule has 0 aliphatic heterocycles. The van der Waals surface area contributed by atoms with Gasteiger partial charge in [-0.05, 0) is 60.4 Å². The summed E-state index contributed by atoms with van der Waals surface area (Å²) in [4.78, 5) is 24.9. The molecule has 1 aliphatic carbocycles. The quantitative estimate of drug-likeness (QED) is 0.655. The monoisotopic (exact) mass is 355 g/mol. The number of esters is 1. The van der Waals surface area contributed by atoms with E-state index in [4.69, 9.17) is 4.74 Å². The summed E-state index contributed by atoms with van der Waals surface area (Å²) in [7, 11) is 0. The molecular formula is C20H21NO3S. The molecule has 1 N–H and O–H groups in total. The maximum absolute atomic E-state index is 12.1. The lowest BCUT2D eigenvalue weighted by atomic mass is 9.88. The zero-order chi connectivity index (χ0) is 17.6. The first kappa shape index (κ1) is 17.4. The third kappa shape index (κ3) is 4.57. The Hall–Kier alpha value is -2.40. The minimum absolute atomic E-state index is 0.000428. The molecule has 1 heterocycles. The van der Waals surface area contributed by atoms with Crippen LogP contribution in [-0.4, -0.2) is 18.5 Å². The van der Waals surface area contributed by atoms with Crippen LogP contribution in [0.15, 0.2) is 41.8 Å². The lowest BCUT2D eigenvalue weighted by Crippen LogP contribution is -2.34. The molecule has 1 aliphatic rings. The summed E-state index contributed by atoms with van der Waals surface area (Å²) in [6.07, 6.45) is 6.09. The third-order valence-corrected chi connectivity index (χ3v) is 5.31. The summed E-state index contributed by atoms with van der Waals surface area (Å²) in [5, 5.41) is 4.94. The molecule has 1 amide bonds. The molecule has 3 rings (SSSR count). The molecule has 1 aromatic heterocycles. The predicted octanol–water partition coefficient (Wildman–Crippen LogP) is 3.81. The van der Waals surface area contributed by atoms with Gasteiger partial charge in [0.15, 0.2) is 6.61 Å². The Bertz CT molecular complexity index is 794. The van der Waals surface area contributed by atoms with Gasteiger partial charge in [0.05, 0.1) is 6.04 Å². The van der Waals surface area contributed by atoms with E-state index in [0.29, 0.717) is 0 Å². The van der Waals surface area contributed by atoms with Crippen LogP contribution in [0.4, 0.5) is 0 Å². The molecule has 0 saturated heterocycles. The fourth-order valence-electron chi connectivity index (χ4n) is 3.02. The summed E-state index contributed by atoms with van der Waals surface area (Å²) in [5.41, 5.74) is 3.56. The fourth-order valence-corrected chi connectivity index (χ4v) is 3.84. The number of aryl methyl sites for hydroxylation is 2. The Morgan fingerprint density at radius 1 is 1.32 bits per heavy atom. The first-order valence-corrected chi connectivity index (χ1v) is 9.27. The number of fused-ring (bicyclic) bond motifs is 1. The van der Waals surface area contributed by atoms with Crippen LogP contribution < -0.4 is 5.32 Å². The molecule has 0 bridgehead atoms. The zero-order valence-electron chi connectivity index (χ0n) is 14.2. The molecule has 0 unspecified atom stereocenters. The summed E-state index contributed by atoms with van der Waals surface area (Å²) >= 11 is 1.56. The van der Waals surface area contributed by atoms with Crippen molar-refractivity contribution >= 4 is 29.3 Å². The molecule has 2 aromatic rings. The highest BCUT2D eigenvalue weighted by Crippen LogP contribution is 2.29. The lowest BCUT2D eigenvalue weighted by Gasteiger charge is -2.26. The van der Waals surface area contributed by atoms with Gasteiger partial charge in [-0.15, -0.1) is 11.3 Å². The predicted molar refractivity (Wildman–Crippen MR) is 99.3 cm³/mol. The largest absolute Gasteiger partial charge is 0.452 e. The van der Waals surface area contributed by atoms with Crippen LogP contribution in [-0.2, 0) is 20.7 Å². The SMILES string of the molecule is Cc1ccsc1/C=C/C(=O)OCC(=O)N[C@@H]1CCCc2ccccc21. The highest BCUT2D eigenvalue weighted by molar-refractivity contribution is 7.11. The first-order chi connectivity index (χ1) is 12.1. The van der Waals surface area contributed by atoms with Crippen molar-refractivity contribution in [2.45, 2.75) is 32.2 Å². The fraction of sp³-hybridized carbons (Fsp3) is 0.300. The smallest absolute Gasteiger partial charge is 0.331 e. The van der Waals surface area contributed by atoms with E-state index in [2.05, 4.69) is 17.4 Å². The number of benzene rings is 1. The van der Waals surface area contributed by atoms with E-state index in [9.17, 15) is 9.59 Å². The van der Waals surface area contributed by atoms with Crippen molar-refractivity contribution in [2.24, 2.45) is 0 Å². The van der Waals surface area contributed by atoms with Crippen molar-refractivity contribution in [1.82, 2.24) is 5.32 Å². The van der Waals surface area contributed by atoms with Gasteiger partial charge in [-0.3, -0.25) is 4.79 Å². The van der Waals surface area contributed by atoms with Crippen molar-refractivity contribution in [2.75, 3.05) is 6.61 Å². The summed E-state index contributed by atoms with van der Waals surface area (Å²) in [5.74, 6) is -0.775. The van der Waals surface area contributed by atoms with Crippen LogP contribution in [0, 0.1) is 6.92 Å². The minimum atomic E-state index is -0.507. The van der Waals surface area contributed by atoms with Gasteiger partial charge in [0.1, 0.15) is 0 Å². The first-order valence-electron chi connectivity index (χ1n) is 8.39. The van der Waals surface area contributed by atoms with Crippen molar-refractivity contribution in [1.29, 1.82) is 0 Å². The van der Waals surface area contributed by atoms with E-state index in [0.717, 1.165) is 29.7 Å². The number of ether oxygens (including phenoxy) is 1. The maximum atomic E-state index is 12.1. The second-order valence-corrected chi connectivity index (χ2v) is 7.07. The number of rotatable bonds is 5. The summed E-state index contributed by atoms with van der Waals surface area (Å²) in [6.45, 7) is 1.72. The highest BCUT2D eigenvalue weighted by Gasteiger charge is 2.21. The number of hydrogen-bond donors (Lipinski definition) is 1. The highest BCUT2D eigenvalue weighted by atomic mass is 32.1. The number of amides is 1. The van der Waals surface area contributed by atoms with Crippen LogP contribution in [0.1, 0.15) is 40.5 Å². The average molecular weight is 355 g/mol. The van der Waals surface area contributed by atoms with Gasteiger partial charge in [0, 0.05) is 11.0 Å². The molecule has 1 aromatic carbocycles. The Labute approximate surface area is 151 Å². The van der Waals surface area contributed by atoms with Crippen LogP contribution in [0.3, 0.4) is 0 Å². The molecule has 130 valence electrons. The second kappa shape index (κ2) is 8.12. The van der Waals surface area contributed by atoms with E-state index >= 15 is 0 Å². The van der Waals surface area contributed by atoms with E-state index < -0.39 is 5.97 Å². The van der Waals surface area contributed by atoms with Crippen molar-refractivity contribution in [3.8, 4) is 0 Å². The maximum Gasteiger partial charge on any atom is 0.331 e. The van der Waals surface area contributed by atoms with Gasteiger partial charge in [-0.1, -0.05) is 24.3 Å². The second-order valence-electron chi connectivity index (χ2n) is 6.12. The molecule has 1 atom stereocenters. The van der Waals surface area contributed by atoms with Crippen LogP contribution in [0.5, 0.6) is 0 Å². The van der Waals surface area contributed by atoms with Gasteiger partial charge in [0.25, 0.3) is 5.91 Å². The molecule has 0 radical (unpaired) electrons. The molecular weight excluding hydrogens is 334 g/mol. The van der Waals surface area contributed by atoms with E-state index in [-0.39, 0.29) is 18.6 Å². The number of thiophene rings is 1. The Kier molecular flexibility index (Phi) is 5.66. The van der Waals surface area contributed by atoms with Crippen molar-refractivity contribution in [3.05, 3.63) is 63.4 Å². The van der Waals surface area contributed by atoms with Crippen LogP contribution in [0.25, 0.3) is 6.08 Å². The summed E-state index contributed by atoms with van der Waals surface area (Å²) < 4.78 is 5.04. The Balaban J connectivity index is 1.49. The lowest BCUT2D eigenvalue weighted by molar-refractivity contribution is -0.144. The van der Waals surface area contributed by atoms with Crippen molar-refractivity contribution < 1.29 is 14.3 Å². The van der Waals surface area contributed by atoms with Gasteiger partial charge in [-0.25, -0.2) is 4.79 Å². The Morgan fingerprint density at radius 3 is 2.96 bits per heavy atom. The molecule has 0 spiro atoms. The standard InChI is InChI=1S/C20H21NO3S/c1-14-11-12-25-18(14)9-10-20(23)24-13-19(22)21-17-8-4-6-15-5-2-3-7-16(15)17/h2-3,5,7,9-12,17H,4,6,8,13H2,1H3,(H,21,22)/b10-9+/t17-/m1/s1. The molecule has 4 nitrogen and oxygen atoms in total.